The Bertz CT molecular complexity index is 676. The number of nitrogens with zero attached hydrogens (tertiary/aromatic N) is 2. The van der Waals surface area contributed by atoms with E-state index in [0.29, 0.717) is 12.3 Å². The van der Waals surface area contributed by atoms with Crippen LogP contribution in [-0.4, -0.2) is 43.1 Å². The van der Waals surface area contributed by atoms with E-state index in [1.54, 1.807) is 0 Å². The highest BCUT2D eigenvalue weighted by Gasteiger charge is 2.27. The number of halogens is 1. The van der Waals surface area contributed by atoms with Gasteiger partial charge in [0.1, 0.15) is 11.6 Å². The maximum atomic E-state index is 12.9. The summed E-state index contributed by atoms with van der Waals surface area (Å²) in [5.41, 5.74) is 1.18. The van der Waals surface area contributed by atoms with Gasteiger partial charge in [0, 0.05) is 31.4 Å². The van der Waals surface area contributed by atoms with Crippen LogP contribution in [0, 0.1) is 5.82 Å². The average molecular weight is 328 g/mol. The zero-order chi connectivity index (χ0) is 16.9. The van der Waals surface area contributed by atoms with Crippen LogP contribution in [0.4, 0.5) is 10.1 Å². The largest absolute Gasteiger partial charge is 0.484 e. The number of carbonyl (C=O) groups excluding carboxylic acids is 1. The molecule has 1 amide bonds. The van der Waals surface area contributed by atoms with Gasteiger partial charge in [-0.05, 0) is 43.3 Å². The van der Waals surface area contributed by atoms with Crippen LogP contribution in [0.15, 0.2) is 54.6 Å². The van der Waals surface area contributed by atoms with Crippen molar-refractivity contribution in [2.24, 2.45) is 0 Å². The van der Waals surface area contributed by atoms with E-state index in [0.717, 1.165) is 13.1 Å². The molecule has 126 valence electrons. The van der Waals surface area contributed by atoms with E-state index in [1.807, 2.05) is 30.0 Å². The van der Waals surface area contributed by atoms with Crippen LogP contribution in [0.3, 0.4) is 0 Å². The topological polar surface area (TPSA) is 32.8 Å². The average Bonchev–Trinajstić information content (AvgIpc) is 2.61. The summed E-state index contributed by atoms with van der Waals surface area (Å²) in [7, 11) is 0. The summed E-state index contributed by atoms with van der Waals surface area (Å²) in [5, 5.41) is 0. The van der Waals surface area contributed by atoms with Gasteiger partial charge in [0.05, 0.1) is 0 Å². The standard InChI is InChI=1S/C19H21FN2O2/c1-15-13-21(17-5-3-2-4-6-17)11-12-22(15)19(23)14-24-18-9-7-16(20)8-10-18/h2-10,15H,11-14H2,1H3. The lowest BCUT2D eigenvalue weighted by Crippen LogP contribution is -2.55. The zero-order valence-corrected chi connectivity index (χ0v) is 13.7. The van der Waals surface area contributed by atoms with Gasteiger partial charge in [-0.25, -0.2) is 4.39 Å². The number of amides is 1. The summed E-state index contributed by atoms with van der Waals surface area (Å²) in [4.78, 5) is 16.5. The quantitative estimate of drug-likeness (QED) is 0.865. The Kier molecular flexibility index (Phi) is 4.99. The Morgan fingerprint density at radius 3 is 2.50 bits per heavy atom. The molecule has 0 radical (unpaired) electrons. The van der Waals surface area contributed by atoms with Crippen LogP contribution in [0.25, 0.3) is 0 Å². The lowest BCUT2D eigenvalue weighted by atomic mass is 10.1. The first-order valence-electron chi connectivity index (χ1n) is 8.11. The molecule has 1 fully saturated rings. The van der Waals surface area contributed by atoms with E-state index in [9.17, 15) is 9.18 Å². The molecule has 0 N–H and O–H groups in total. The molecule has 0 aromatic heterocycles. The molecule has 0 aliphatic carbocycles. The number of para-hydroxylation sites is 1. The Balaban J connectivity index is 1.54. The van der Waals surface area contributed by atoms with Crippen molar-refractivity contribution in [1.29, 1.82) is 0 Å². The molecule has 1 aliphatic heterocycles. The molecular weight excluding hydrogens is 307 g/mol. The second-order valence-electron chi connectivity index (χ2n) is 5.96. The number of carbonyl (C=O) groups is 1. The van der Waals surface area contributed by atoms with Gasteiger partial charge >= 0.3 is 0 Å². The van der Waals surface area contributed by atoms with Crippen molar-refractivity contribution in [3.8, 4) is 5.75 Å². The molecule has 3 rings (SSSR count). The van der Waals surface area contributed by atoms with Crippen LogP contribution < -0.4 is 9.64 Å². The Hall–Kier alpha value is -2.56. The maximum absolute atomic E-state index is 12.9. The lowest BCUT2D eigenvalue weighted by Gasteiger charge is -2.41. The Morgan fingerprint density at radius 1 is 1.12 bits per heavy atom. The van der Waals surface area contributed by atoms with Crippen LogP contribution in [0.5, 0.6) is 5.75 Å². The van der Waals surface area contributed by atoms with Crippen molar-refractivity contribution in [3.05, 3.63) is 60.4 Å². The fourth-order valence-electron chi connectivity index (χ4n) is 2.96. The molecule has 0 bridgehead atoms. The fourth-order valence-corrected chi connectivity index (χ4v) is 2.96. The monoisotopic (exact) mass is 328 g/mol. The van der Waals surface area contributed by atoms with E-state index in [2.05, 4.69) is 17.0 Å². The number of piperazine rings is 1. The third-order valence-corrected chi connectivity index (χ3v) is 4.25. The first-order chi connectivity index (χ1) is 11.6. The summed E-state index contributed by atoms with van der Waals surface area (Å²) in [5.74, 6) is 0.138. The normalized spacial score (nSPS) is 17.7. The predicted molar refractivity (Wildman–Crippen MR) is 91.7 cm³/mol. The molecule has 1 atom stereocenters. The molecule has 1 unspecified atom stereocenters. The summed E-state index contributed by atoms with van der Waals surface area (Å²) < 4.78 is 18.3. The van der Waals surface area contributed by atoms with E-state index in [-0.39, 0.29) is 24.4 Å². The highest BCUT2D eigenvalue weighted by molar-refractivity contribution is 5.78. The minimum Gasteiger partial charge on any atom is -0.484 e. The highest BCUT2D eigenvalue weighted by Crippen LogP contribution is 2.19. The van der Waals surface area contributed by atoms with E-state index < -0.39 is 0 Å². The molecule has 2 aromatic carbocycles. The first kappa shape index (κ1) is 16.3. The Labute approximate surface area is 141 Å². The Morgan fingerprint density at radius 2 is 1.83 bits per heavy atom. The molecule has 1 aliphatic rings. The van der Waals surface area contributed by atoms with Gasteiger partial charge in [-0.1, -0.05) is 18.2 Å². The SMILES string of the molecule is CC1CN(c2ccccc2)CCN1C(=O)COc1ccc(F)cc1. The number of benzene rings is 2. The second-order valence-corrected chi connectivity index (χ2v) is 5.96. The molecule has 2 aromatic rings. The van der Waals surface area contributed by atoms with Crippen molar-refractivity contribution in [1.82, 2.24) is 4.90 Å². The van der Waals surface area contributed by atoms with Crippen LogP contribution in [0.1, 0.15) is 6.92 Å². The van der Waals surface area contributed by atoms with Gasteiger partial charge in [-0.2, -0.15) is 0 Å². The van der Waals surface area contributed by atoms with Crippen LogP contribution >= 0.6 is 0 Å². The predicted octanol–water partition coefficient (Wildman–Crippen LogP) is 2.94. The smallest absolute Gasteiger partial charge is 0.260 e. The number of rotatable bonds is 4. The number of ether oxygens (including phenoxy) is 1. The fraction of sp³-hybridized carbons (Fsp3) is 0.316. The summed E-state index contributed by atoms with van der Waals surface area (Å²) in [6.45, 7) is 4.29. The van der Waals surface area contributed by atoms with Gasteiger partial charge in [-0.15, -0.1) is 0 Å². The van der Waals surface area contributed by atoms with Gasteiger partial charge < -0.3 is 14.5 Å². The summed E-state index contributed by atoms with van der Waals surface area (Å²) in [6.07, 6.45) is 0. The van der Waals surface area contributed by atoms with Gasteiger partial charge in [0.15, 0.2) is 6.61 Å². The maximum Gasteiger partial charge on any atom is 0.260 e. The molecule has 1 heterocycles. The van der Waals surface area contributed by atoms with Crippen molar-refractivity contribution in [3.63, 3.8) is 0 Å². The summed E-state index contributed by atoms with van der Waals surface area (Å²) >= 11 is 0. The van der Waals surface area contributed by atoms with Gasteiger partial charge in [0.25, 0.3) is 5.91 Å². The number of anilines is 1. The lowest BCUT2D eigenvalue weighted by molar-refractivity contribution is -0.135. The third-order valence-electron chi connectivity index (χ3n) is 4.25. The number of hydrogen-bond acceptors (Lipinski definition) is 3. The molecule has 5 heteroatoms. The van der Waals surface area contributed by atoms with Crippen molar-refractivity contribution in [2.75, 3.05) is 31.1 Å². The number of hydrogen-bond donors (Lipinski definition) is 0. The van der Waals surface area contributed by atoms with Gasteiger partial charge in [-0.3, -0.25) is 4.79 Å². The third kappa shape index (κ3) is 3.85. The van der Waals surface area contributed by atoms with E-state index in [4.69, 9.17) is 4.74 Å². The molecule has 24 heavy (non-hydrogen) atoms. The first-order valence-corrected chi connectivity index (χ1v) is 8.11. The van der Waals surface area contributed by atoms with Crippen molar-refractivity contribution >= 4 is 11.6 Å². The highest BCUT2D eigenvalue weighted by atomic mass is 19.1. The van der Waals surface area contributed by atoms with Crippen molar-refractivity contribution in [2.45, 2.75) is 13.0 Å². The molecular formula is C19H21FN2O2. The van der Waals surface area contributed by atoms with Gasteiger partial charge in [0.2, 0.25) is 0 Å². The van der Waals surface area contributed by atoms with Crippen molar-refractivity contribution < 1.29 is 13.9 Å². The minimum absolute atomic E-state index is 0.0265. The second kappa shape index (κ2) is 7.34. The molecule has 1 saturated heterocycles. The molecule has 0 saturated carbocycles. The van der Waals surface area contributed by atoms with Crippen LogP contribution in [0.2, 0.25) is 0 Å². The summed E-state index contributed by atoms with van der Waals surface area (Å²) in [6, 6.07) is 16.0. The van der Waals surface area contributed by atoms with Crippen LogP contribution in [-0.2, 0) is 4.79 Å². The molecule has 4 nitrogen and oxygen atoms in total. The van der Waals surface area contributed by atoms with E-state index >= 15 is 0 Å². The zero-order valence-electron chi connectivity index (χ0n) is 13.7. The minimum atomic E-state index is -0.320. The molecule has 0 spiro atoms. The van der Waals surface area contributed by atoms with E-state index in [1.165, 1.54) is 30.0 Å².